The van der Waals surface area contributed by atoms with Crippen molar-refractivity contribution in [1.82, 2.24) is 4.98 Å². The lowest BCUT2D eigenvalue weighted by Crippen LogP contribution is -2.20. The molecule has 0 saturated carbocycles. The summed E-state index contributed by atoms with van der Waals surface area (Å²) < 4.78 is 0. The van der Waals surface area contributed by atoms with Crippen LogP contribution in [0.2, 0.25) is 0 Å². The smallest absolute Gasteiger partial charge is 0.239 e. The van der Waals surface area contributed by atoms with E-state index in [4.69, 9.17) is 0 Å². The zero-order valence-electron chi connectivity index (χ0n) is 12.1. The van der Waals surface area contributed by atoms with Gasteiger partial charge in [0, 0.05) is 25.4 Å². The number of anilines is 1. The quantitative estimate of drug-likeness (QED) is 0.639. The minimum atomic E-state index is -0.234. The Bertz CT molecular complexity index is 492. The maximum Gasteiger partial charge on any atom is 0.239 e. The molecule has 0 bridgehead atoms. The molecule has 0 aliphatic heterocycles. The van der Waals surface area contributed by atoms with Crippen LogP contribution in [0.1, 0.15) is 25.8 Å². The van der Waals surface area contributed by atoms with Crippen molar-refractivity contribution in [1.29, 1.82) is 0 Å². The third kappa shape index (κ3) is 5.65. The Hall–Kier alpha value is -1.49. The van der Waals surface area contributed by atoms with Crippen LogP contribution < -0.4 is 5.32 Å². The number of pyridine rings is 1. The number of carbonyl (C=O) groups excluding carboxylic acids is 1. The molecule has 0 aliphatic rings. The van der Waals surface area contributed by atoms with Crippen LogP contribution in [0.4, 0.5) is 5.82 Å². The van der Waals surface area contributed by atoms with Crippen LogP contribution in [-0.4, -0.2) is 28.5 Å². The van der Waals surface area contributed by atoms with E-state index in [9.17, 15) is 4.79 Å². The SMILES string of the molecule is CC/C=C\C(Cc1ccc(NC(=O)C(C)Br)nc1)=NC. The van der Waals surface area contributed by atoms with E-state index in [2.05, 4.69) is 44.2 Å². The highest BCUT2D eigenvalue weighted by molar-refractivity contribution is 9.10. The van der Waals surface area contributed by atoms with E-state index >= 15 is 0 Å². The third-order valence-corrected chi connectivity index (χ3v) is 3.07. The lowest BCUT2D eigenvalue weighted by molar-refractivity contribution is -0.115. The second kappa shape index (κ2) is 8.64. The molecule has 1 unspecified atom stereocenters. The maximum absolute atomic E-state index is 11.5. The molecule has 1 N–H and O–H groups in total. The Labute approximate surface area is 128 Å². The number of hydrogen-bond donors (Lipinski definition) is 1. The number of nitrogens with zero attached hydrogens (tertiary/aromatic N) is 2. The number of aromatic nitrogens is 1. The molecule has 1 heterocycles. The van der Waals surface area contributed by atoms with Crippen molar-refractivity contribution >= 4 is 33.4 Å². The lowest BCUT2D eigenvalue weighted by Gasteiger charge is -2.07. The van der Waals surface area contributed by atoms with Gasteiger partial charge in [-0.25, -0.2) is 4.98 Å². The molecule has 0 fully saturated rings. The first kappa shape index (κ1) is 16.6. The molecule has 0 spiro atoms. The zero-order chi connectivity index (χ0) is 15.0. The van der Waals surface area contributed by atoms with Crippen molar-refractivity contribution in [2.75, 3.05) is 12.4 Å². The Morgan fingerprint density at radius 3 is 2.80 bits per heavy atom. The van der Waals surface area contributed by atoms with E-state index in [1.807, 2.05) is 12.1 Å². The molecular weight excluding hydrogens is 318 g/mol. The van der Waals surface area contributed by atoms with Crippen molar-refractivity contribution in [3.05, 3.63) is 36.0 Å². The van der Waals surface area contributed by atoms with E-state index in [0.29, 0.717) is 5.82 Å². The minimum Gasteiger partial charge on any atom is -0.310 e. The predicted molar refractivity (Wildman–Crippen MR) is 87.7 cm³/mol. The molecule has 1 aromatic rings. The molecule has 1 atom stereocenters. The molecule has 1 amide bonds. The summed E-state index contributed by atoms with van der Waals surface area (Å²) in [6.45, 7) is 3.86. The number of rotatable bonds is 6. The molecule has 0 aromatic carbocycles. The lowest BCUT2D eigenvalue weighted by atomic mass is 10.1. The Kier molecular flexibility index (Phi) is 7.15. The van der Waals surface area contributed by atoms with Gasteiger partial charge in [0.15, 0.2) is 0 Å². The molecule has 20 heavy (non-hydrogen) atoms. The fourth-order valence-corrected chi connectivity index (χ4v) is 1.62. The summed E-state index contributed by atoms with van der Waals surface area (Å²) in [7, 11) is 1.79. The summed E-state index contributed by atoms with van der Waals surface area (Å²) in [5.41, 5.74) is 2.08. The molecular formula is C15H20BrN3O. The monoisotopic (exact) mass is 337 g/mol. The number of hydrogen-bond acceptors (Lipinski definition) is 3. The van der Waals surface area contributed by atoms with Crippen LogP contribution in [-0.2, 0) is 11.2 Å². The van der Waals surface area contributed by atoms with Gasteiger partial charge in [-0.1, -0.05) is 35.0 Å². The van der Waals surface area contributed by atoms with Gasteiger partial charge in [-0.2, -0.15) is 0 Å². The molecule has 1 rings (SSSR count). The van der Waals surface area contributed by atoms with Gasteiger partial charge in [-0.05, 0) is 31.1 Å². The van der Waals surface area contributed by atoms with Crippen LogP contribution in [0.3, 0.4) is 0 Å². The summed E-state index contributed by atoms with van der Waals surface area (Å²) in [4.78, 5) is 19.8. The molecule has 108 valence electrons. The van der Waals surface area contributed by atoms with Crippen molar-refractivity contribution < 1.29 is 4.79 Å². The number of nitrogens with one attached hydrogen (secondary N) is 1. The van der Waals surface area contributed by atoms with Crippen molar-refractivity contribution in [3.63, 3.8) is 0 Å². The highest BCUT2D eigenvalue weighted by Gasteiger charge is 2.09. The van der Waals surface area contributed by atoms with E-state index in [1.165, 1.54) is 0 Å². The summed E-state index contributed by atoms with van der Waals surface area (Å²) in [6, 6.07) is 3.76. The standard InChI is InChI=1S/C15H20BrN3O/c1-4-5-6-13(17-3)9-12-7-8-14(18-10-12)19-15(20)11(2)16/h5-8,10-11H,4,9H2,1-3H3,(H,18,19,20)/b6-5-,17-13?. The van der Waals surface area contributed by atoms with E-state index in [1.54, 1.807) is 26.2 Å². The molecule has 0 saturated heterocycles. The van der Waals surface area contributed by atoms with Gasteiger partial charge in [-0.15, -0.1) is 0 Å². The van der Waals surface area contributed by atoms with Crippen LogP contribution >= 0.6 is 15.9 Å². The van der Waals surface area contributed by atoms with Gasteiger partial charge in [0.25, 0.3) is 0 Å². The first-order valence-corrected chi connectivity index (χ1v) is 7.50. The number of carbonyl (C=O) groups is 1. The molecule has 4 nitrogen and oxygen atoms in total. The number of halogens is 1. The van der Waals surface area contributed by atoms with Gasteiger partial charge in [0.1, 0.15) is 5.82 Å². The van der Waals surface area contributed by atoms with Gasteiger partial charge in [0.2, 0.25) is 5.91 Å². The van der Waals surface area contributed by atoms with Crippen molar-refractivity contribution in [3.8, 4) is 0 Å². The van der Waals surface area contributed by atoms with Gasteiger partial charge >= 0.3 is 0 Å². The summed E-state index contributed by atoms with van der Waals surface area (Å²) in [5.74, 6) is 0.455. The third-order valence-electron chi connectivity index (χ3n) is 2.66. The van der Waals surface area contributed by atoms with Crippen LogP contribution in [0.5, 0.6) is 0 Å². The van der Waals surface area contributed by atoms with Gasteiger partial charge in [-0.3, -0.25) is 9.79 Å². The zero-order valence-corrected chi connectivity index (χ0v) is 13.6. The fourth-order valence-electron chi connectivity index (χ4n) is 1.50. The summed E-state index contributed by atoms with van der Waals surface area (Å²) in [5, 5.41) is 2.73. The number of amides is 1. The molecule has 5 heteroatoms. The second-order valence-corrected chi connectivity index (χ2v) is 5.73. The first-order valence-electron chi connectivity index (χ1n) is 6.58. The van der Waals surface area contributed by atoms with E-state index in [-0.39, 0.29) is 10.7 Å². The fraction of sp³-hybridized carbons (Fsp3) is 0.400. The molecule has 0 aliphatic carbocycles. The van der Waals surface area contributed by atoms with Crippen molar-refractivity contribution in [2.45, 2.75) is 31.5 Å². The second-order valence-electron chi connectivity index (χ2n) is 4.36. The molecule has 0 radical (unpaired) electrons. The molecule has 1 aromatic heterocycles. The largest absolute Gasteiger partial charge is 0.310 e. The van der Waals surface area contributed by atoms with Crippen LogP contribution in [0.25, 0.3) is 0 Å². The highest BCUT2D eigenvalue weighted by atomic mass is 79.9. The van der Waals surface area contributed by atoms with Gasteiger partial charge in [0.05, 0.1) is 4.83 Å². The average Bonchev–Trinajstić information content (AvgIpc) is 2.45. The average molecular weight is 338 g/mol. The Morgan fingerprint density at radius 1 is 1.55 bits per heavy atom. The normalized spacial score (nSPS) is 13.5. The topological polar surface area (TPSA) is 54.4 Å². The number of allylic oxidation sites excluding steroid dienone is 2. The van der Waals surface area contributed by atoms with Crippen molar-refractivity contribution in [2.24, 2.45) is 4.99 Å². The predicted octanol–water partition coefficient (Wildman–Crippen LogP) is 3.38. The number of alkyl halides is 1. The Balaban J connectivity index is 2.67. The van der Waals surface area contributed by atoms with Crippen LogP contribution in [0.15, 0.2) is 35.5 Å². The van der Waals surface area contributed by atoms with E-state index < -0.39 is 0 Å². The summed E-state index contributed by atoms with van der Waals surface area (Å²) >= 11 is 3.21. The highest BCUT2D eigenvalue weighted by Crippen LogP contribution is 2.09. The first-order chi connectivity index (χ1) is 9.56. The Morgan fingerprint density at radius 2 is 2.30 bits per heavy atom. The van der Waals surface area contributed by atoms with Crippen LogP contribution in [0, 0.1) is 0 Å². The minimum absolute atomic E-state index is 0.105. The summed E-state index contributed by atoms with van der Waals surface area (Å²) in [6.07, 6.45) is 7.61. The maximum atomic E-state index is 11.5. The van der Waals surface area contributed by atoms with Gasteiger partial charge < -0.3 is 5.32 Å². The van der Waals surface area contributed by atoms with E-state index in [0.717, 1.165) is 24.1 Å². The number of aliphatic imine (C=N–C) groups is 1.